The number of aryl methyl sites for hydroxylation is 1. The predicted octanol–water partition coefficient (Wildman–Crippen LogP) is 2.78. The first-order valence-corrected chi connectivity index (χ1v) is 9.57. The number of para-hydroxylation sites is 1. The van der Waals surface area contributed by atoms with Crippen LogP contribution in [0.1, 0.15) is 37.3 Å². The van der Waals surface area contributed by atoms with Crippen molar-refractivity contribution in [3.63, 3.8) is 0 Å². The van der Waals surface area contributed by atoms with Crippen molar-refractivity contribution in [2.45, 2.75) is 33.1 Å². The standard InChI is InChI=1S/C21H30N4O2/c1-16(2)19-7-4-6-17(3)20(19)24-21(26)18(14-22)15-23-8-5-9-25-10-12-27-13-11-25/h4,6-7,15-16,23H,5,8-13H2,1-3H3,(H,24,26)/b18-15-. The number of rotatable bonds is 8. The number of carbonyl (C=O) groups is 1. The van der Waals surface area contributed by atoms with Gasteiger partial charge in [-0.2, -0.15) is 5.26 Å². The van der Waals surface area contributed by atoms with Crippen LogP contribution in [0.25, 0.3) is 0 Å². The van der Waals surface area contributed by atoms with Crippen LogP contribution in [0.15, 0.2) is 30.0 Å². The molecule has 1 fully saturated rings. The number of hydrogen-bond donors (Lipinski definition) is 2. The Morgan fingerprint density at radius 3 is 2.78 bits per heavy atom. The van der Waals surface area contributed by atoms with Gasteiger partial charge in [-0.25, -0.2) is 0 Å². The lowest BCUT2D eigenvalue weighted by atomic mass is 9.98. The fraction of sp³-hybridized carbons (Fsp3) is 0.524. The Labute approximate surface area is 162 Å². The van der Waals surface area contributed by atoms with Crippen molar-refractivity contribution < 1.29 is 9.53 Å². The van der Waals surface area contributed by atoms with Crippen molar-refractivity contribution in [1.29, 1.82) is 5.26 Å². The van der Waals surface area contributed by atoms with E-state index in [1.54, 1.807) is 0 Å². The number of benzene rings is 1. The molecular formula is C21H30N4O2. The minimum Gasteiger partial charge on any atom is -0.390 e. The monoisotopic (exact) mass is 370 g/mol. The lowest BCUT2D eigenvalue weighted by molar-refractivity contribution is -0.112. The first-order valence-electron chi connectivity index (χ1n) is 9.57. The topological polar surface area (TPSA) is 77.4 Å². The van der Waals surface area contributed by atoms with E-state index in [1.807, 2.05) is 31.2 Å². The molecule has 6 heteroatoms. The summed E-state index contributed by atoms with van der Waals surface area (Å²) in [5.74, 6) is -0.0950. The van der Waals surface area contributed by atoms with Crippen molar-refractivity contribution in [2.24, 2.45) is 0 Å². The summed E-state index contributed by atoms with van der Waals surface area (Å²) >= 11 is 0. The maximum absolute atomic E-state index is 12.5. The summed E-state index contributed by atoms with van der Waals surface area (Å²) in [6, 6.07) is 7.94. The van der Waals surface area contributed by atoms with Gasteiger partial charge in [0.25, 0.3) is 5.91 Å². The van der Waals surface area contributed by atoms with Crippen LogP contribution in [0.4, 0.5) is 5.69 Å². The second-order valence-electron chi connectivity index (χ2n) is 7.08. The van der Waals surface area contributed by atoms with Crippen molar-refractivity contribution in [2.75, 3.05) is 44.7 Å². The summed E-state index contributed by atoms with van der Waals surface area (Å²) in [5, 5.41) is 15.3. The number of ether oxygens (including phenoxy) is 1. The fourth-order valence-electron chi connectivity index (χ4n) is 3.08. The van der Waals surface area contributed by atoms with Gasteiger partial charge in [0.2, 0.25) is 0 Å². The Morgan fingerprint density at radius 2 is 2.11 bits per heavy atom. The van der Waals surface area contributed by atoms with E-state index in [-0.39, 0.29) is 17.4 Å². The molecule has 0 spiro atoms. The molecule has 0 aliphatic carbocycles. The van der Waals surface area contributed by atoms with Gasteiger partial charge in [0.15, 0.2) is 0 Å². The molecule has 6 nitrogen and oxygen atoms in total. The van der Waals surface area contributed by atoms with Crippen LogP contribution >= 0.6 is 0 Å². The van der Waals surface area contributed by atoms with Crippen molar-refractivity contribution in [3.05, 3.63) is 41.1 Å². The number of hydrogen-bond acceptors (Lipinski definition) is 5. The molecule has 146 valence electrons. The third kappa shape index (κ3) is 6.38. The minimum absolute atomic E-state index is 0.0827. The summed E-state index contributed by atoms with van der Waals surface area (Å²) in [6.45, 7) is 11.4. The zero-order chi connectivity index (χ0) is 19.6. The van der Waals surface area contributed by atoms with Gasteiger partial charge in [0, 0.05) is 31.5 Å². The van der Waals surface area contributed by atoms with E-state index in [9.17, 15) is 10.1 Å². The van der Waals surface area contributed by atoms with Gasteiger partial charge in [-0.3, -0.25) is 9.69 Å². The average Bonchev–Trinajstić information content (AvgIpc) is 2.66. The zero-order valence-corrected chi connectivity index (χ0v) is 16.5. The highest BCUT2D eigenvalue weighted by atomic mass is 16.5. The SMILES string of the molecule is Cc1cccc(C(C)C)c1NC(=O)/C(C#N)=C\NCCCN1CCOCC1. The van der Waals surface area contributed by atoms with Crippen molar-refractivity contribution in [1.82, 2.24) is 10.2 Å². The lowest BCUT2D eigenvalue weighted by Gasteiger charge is -2.26. The molecule has 2 N–H and O–H groups in total. The highest BCUT2D eigenvalue weighted by Crippen LogP contribution is 2.27. The van der Waals surface area contributed by atoms with Crippen LogP contribution in [-0.2, 0) is 9.53 Å². The molecule has 2 rings (SSSR count). The molecule has 0 aromatic heterocycles. The summed E-state index contributed by atoms with van der Waals surface area (Å²) in [7, 11) is 0. The quantitative estimate of drug-likeness (QED) is 0.418. The minimum atomic E-state index is -0.380. The molecule has 1 aromatic rings. The van der Waals surface area contributed by atoms with Crippen LogP contribution in [0.2, 0.25) is 0 Å². The first kappa shape index (κ1) is 20.9. The molecule has 1 amide bonds. The van der Waals surface area contributed by atoms with Crippen LogP contribution in [-0.4, -0.2) is 50.2 Å². The van der Waals surface area contributed by atoms with Gasteiger partial charge in [-0.1, -0.05) is 32.0 Å². The van der Waals surface area contributed by atoms with E-state index in [4.69, 9.17) is 4.74 Å². The Hall–Kier alpha value is -2.36. The number of morpholine rings is 1. The first-order chi connectivity index (χ1) is 13.0. The van der Waals surface area contributed by atoms with Gasteiger partial charge < -0.3 is 15.4 Å². The highest BCUT2D eigenvalue weighted by molar-refractivity contribution is 6.07. The normalized spacial score (nSPS) is 15.4. The number of nitriles is 1. The maximum Gasteiger partial charge on any atom is 0.267 e. The second kappa shape index (κ2) is 10.7. The van der Waals surface area contributed by atoms with Crippen LogP contribution in [0, 0.1) is 18.3 Å². The van der Waals surface area contributed by atoms with E-state index in [0.29, 0.717) is 0 Å². The van der Waals surface area contributed by atoms with Crippen molar-refractivity contribution >= 4 is 11.6 Å². The molecule has 0 radical (unpaired) electrons. The van der Waals surface area contributed by atoms with E-state index in [1.165, 1.54) is 6.20 Å². The molecule has 0 unspecified atom stereocenters. The molecule has 1 aromatic carbocycles. The zero-order valence-electron chi connectivity index (χ0n) is 16.5. The second-order valence-corrected chi connectivity index (χ2v) is 7.08. The molecule has 27 heavy (non-hydrogen) atoms. The number of nitrogens with zero attached hydrogens (tertiary/aromatic N) is 2. The van der Waals surface area contributed by atoms with E-state index < -0.39 is 0 Å². The molecule has 1 saturated heterocycles. The van der Waals surface area contributed by atoms with Gasteiger partial charge in [0.05, 0.1) is 13.2 Å². The van der Waals surface area contributed by atoms with Crippen LogP contribution in [0.3, 0.4) is 0 Å². The van der Waals surface area contributed by atoms with E-state index >= 15 is 0 Å². The Morgan fingerprint density at radius 1 is 1.37 bits per heavy atom. The third-order valence-electron chi connectivity index (χ3n) is 4.68. The summed E-state index contributed by atoms with van der Waals surface area (Å²) in [4.78, 5) is 14.9. The highest BCUT2D eigenvalue weighted by Gasteiger charge is 2.15. The maximum atomic E-state index is 12.5. The predicted molar refractivity (Wildman–Crippen MR) is 107 cm³/mol. The molecule has 1 aliphatic rings. The molecule has 0 atom stereocenters. The van der Waals surface area contributed by atoms with Crippen LogP contribution in [0.5, 0.6) is 0 Å². The van der Waals surface area contributed by atoms with E-state index in [0.717, 1.165) is 62.6 Å². The Kier molecular flexibility index (Phi) is 8.31. The van der Waals surface area contributed by atoms with E-state index in [2.05, 4.69) is 29.4 Å². The number of nitrogens with one attached hydrogen (secondary N) is 2. The van der Waals surface area contributed by atoms with Gasteiger partial charge in [-0.05, 0) is 36.9 Å². The summed E-state index contributed by atoms with van der Waals surface area (Å²) < 4.78 is 5.33. The molecular weight excluding hydrogens is 340 g/mol. The molecule has 1 heterocycles. The third-order valence-corrected chi connectivity index (χ3v) is 4.68. The summed E-state index contributed by atoms with van der Waals surface area (Å²) in [6.07, 6.45) is 2.47. The van der Waals surface area contributed by atoms with Gasteiger partial charge >= 0.3 is 0 Å². The number of carbonyl (C=O) groups excluding carboxylic acids is 1. The average molecular weight is 370 g/mol. The number of anilines is 1. The lowest BCUT2D eigenvalue weighted by Crippen LogP contribution is -2.37. The van der Waals surface area contributed by atoms with Crippen molar-refractivity contribution in [3.8, 4) is 6.07 Å². The molecule has 0 saturated carbocycles. The van der Waals surface area contributed by atoms with Gasteiger partial charge in [0.1, 0.15) is 11.6 Å². The summed E-state index contributed by atoms with van der Waals surface area (Å²) in [5.41, 5.74) is 2.94. The smallest absolute Gasteiger partial charge is 0.267 e. The fourth-order valence-corrected chi connectivity index (χ4v) is 3.08. The Bertz CT molecular complexity index is 701. The number of amides is 1. The van der Waals surface area contributed by atoms with Gasteiger partial charge in [-0.15, -0.1) is 0 Å². The van der Waals surface area contributed by atoms with Crippen LogP contribution < -0.4 is 10.6 Å². The largest absolute Gasteiger partial charge is 0.390 e. The Balaban J connectivity index is 1.88. The molecule has 1 aliphatic heterocycles. The molecule has 0 bridgehead atoms.